The molecule has 0 aliphatic carbocycles. The number of aliphatic carboxylic acids is 1. The van der Waals surface area contributed by atoms with E-state index in [1.54, 1.807) is 56.1 Å². The fraction of sp³-hybridized carbons (Fsp3) is 0.333. The van der Waals surface area contributed by atoms with Crippen molar-refractivity contribution in [1.29, 1.82) is 0 Å². The molecule has 1 aliphatic rings. The SMILES string of the molecule is CC(C)[C@]1(C(=O)N[C@@H](CC(=O)O)C(=O)COc2cccc[n+]2C)CC(c2nccc3ccccc23)=NO1. The van der Waals surface area contributed by atoms with Gasteiger partial charge in [-0.2, -0.15) is 4.57 Å². The maximum Gasteiger partial charge on any atom is 0.367 e. The Kier molecular flexibility index (Phi) is 7.47. The summed E-state index contributed by atoms with van der Waals surface area (Å²) in [6, 6.07) is 13.5. The number of aromatic nitrogens is 2. The summed E-state index contributed by atoms with van der Waals surface area (Å²) in [6.07, 6.45) is 2.94. The molecule has 192 valence electrons. The van der Waals surface area contributed by atoms with Gasteiger partial charge in [0.25, 0.3) is 5.91 Å². The Morgan fingerprint density at radius 2 is 1.92 bits per heavy atom. The molecule has 0 bridgehead atoms. The number of ketones is 1. The van der Waals surface area contributed by atoms with Crippen LogP contribution in [-0.4, -0.2) is 51.7 Å². The number of hydrogen-bond donors (Lipinski definition) is 2. The van der Waals surface area contributed by atoms with E-state index in [-0.39, 0.29) is 12.3 Å². The summed E-state index contributed by atoms with van der Waals surface area (Å²) in [5.41, 5.74) is -0.324. The molecule has 10 nitrogen and oxygen atoms in total. The second-order valence-electron chi connectivity index (χ2n) is 9.26. The van der Waals surface area contributed by atoms with Gasteiger partial charge in [-0.15, -0.1) is 0 Å². The highest BCUT2D eigenvalue weighted by molar-refractivity contribution is 6.12. The highest BCUT2D eigenvalue weighted by atomic mass is 16.7. The van der Waals surface area contributed by atoms with Crippen LogP contribution in [0.3, 0.4) is 0 Å². The first-order valence-corrected chi connectivity index (χ1v) is 11.9. The van der Waals surface area contributed by atoms with Crippen LogP contribution in [0.5, 0.6) is 5.88 Å². The number of carbonyl (C=O) groups is 3. The predicted octanol–water partition coefficient (Wildman–Crippen LogP) is 2.19. The summed E-state index contributed by atoms with van der Waals surface area (Å²) in [7, 11) is 1.75. The number of Topliss-reactive ketones (excluding diaryl/α,β-unsaturated/α-hetero) is 1. The average Bonchev–Trinajstić information content (AvgIpc) is 3.34. The normalized spacial score (nSPS) is 17.7. The molecule has 2 N–H and O–H groups in total. The van der Waals surface area contributed by atoms with Gasteiger partial charge in [-0.05, 0) is 17.5 Å². The molecule has 1 aromatic carbocycles. The molecule has 37 heavy (non-hydrogen) atoms. The Hall–Kier alpha value is -4.34. The van der Waals surface area contributed by atoms with Crippen molar-refractivity contribution in [2.24, 2.45) is 18.1 Å². The van der Waals surface area contributed by atoms with Gasteiger partial charge < -0.3 is 20.0 Å². The van der Waals surface area contributed by atoms with Crippen molar-refractivity contribution < 1.29 is 33.6 Å². The number of nitrogens with one attached hydrogen (secondary N) is 1. The van der Waals surface area contributed by atoms with Crippen molar-refractivity contribution in [2.75, 3.05) is 6.61 Å². The topological polar surface area (TPSA) is 131 Å². The van der Waals surface area contributed by atoms with Crippen molar-refractivity contribution in [3.8, 4) is 5.88 Å². The van der Waals surface area contributed by atoms with Crippen LogP contribution in [-0.2, 0) is 26.3 Å². The van der Waals surface area contributed by atoms with Crippen LogP contribution in [0.4, 0.5) is 0 Å². The maximum absolute atomic E-state index is 13.6. The van der Waals surface area contributed by atoms with Gasteiger partial charge in [0.15, 0.2) is 18.6 Å². The standard InChI is InChI=1S/C27H28N4O6/c1-17(2)27(15-21(30-37-27)25-19-9-5-4-8-18(19)11-12-28-25)26(35)29-20(14-24(33)34)22(32)16-36-23-10-6-7-13-31(23)3/h4-13,17,20H,14-16H2,1-3H3,(H-,29,33,34,35)/p+1/t20-,27-/m0/s1. The molecule has 3 heterocycles. The van der Waals surface area contributed by atoms with E-state index < -0.39 is 42.3 Å². The summed E-state index contributed by atoms with van der Waals surface area (Å²) >= 11 is 0. The molecule has 0 fully saturated rings. The summed E-state index contributed by atoms with van der Waals surface area (Å²) in [4.78, 5) is 48.2. The number of carbonyl (C=O) groups excluding carboxylic acids is 2. The second kappa shape index (κ2) is 10.7. The number of carboxylic acid groups (broad SMARTS) is 1. The zero-order chi connectivity index (χ0) is 26.6. The first-order valence-electron chi connectivity index (χ1n) is 11.9. The van der Waals surface area contributed by atoms with Crippen LogP contribution in [0.25, 0.3) is 10.8 Å². The molecular formula is C27H29N4O6+. The third-order valence-electron chi connectivity index (χ3n) is 6.46. The van der Waals surface area contributed by atoms with E-state index in [0.717, 1.165) is 10.8 Å². The molecule has 0 spiro atoms. The monoisotopic (exact) mass is 505 g/mol. The van der Waals surface area contributed by atoms with E-state index in [9.17, 15) is 19.5 Å². The molecule has 1 aliphatic heterocycles. The molecule has 4 rings (SSSR count). The quantitative estimate of drug-likeness (QED) is 0.404. The Labute approximate surface area is 213 Å². The Morgan fingerprint density at radius 3 is 2.65 bits per heavy atom. The summed E-state index contributed by atoms with van der Waals surface area (Å²) < 4.78 is 7.24. The first kappa shape index (κ1) is 25.7. The lowest BCUT2D eigenvalue weighted by Crippen LogP contribution is -2.56. The van der Waals surface area contributed by atoms with Gasteiger partial charge in [0, 0.05) is 30.0 Å². The first-order chi connectivity index (χ1) is 17.7. The molecule has 3 aromatic rings. The van der Waals surface area contributed by atoms with E-state index in [0.29, 0.717) is 17.3 Å². The molecule has 2 aromatic heterocycles. The van der Waals surface area contributed by atoms with Crippen LogP contribution in [0.2, 0.25) is 0 Å². The molecular weight excluding hydrogens is 476 g/mol. The number of nitrogens with zero attached hydrogens (tertiary/aromatic N) is 3. The highest BCUT2D eigenvalue weighted by Crippen LogP contribution is 2.35. The summed E-state index contributed by atoms with van der Waals surface area (Å²) in [5, 5.41) is 18.1. The van der Waals surface area contributed by atoms with Crippen molar-refractivity contribution in [1.82, 2.24) is 10.3 Å². The molecule has 0 saturated carbocycles. The van der Waals surface area contributed by atoms with Gasteiger partial charge in [-0.3, -0.25) is 19.4 Å². The summed E-state index contributed by atoms with van der Waals surface area (Å²) in [6.45, 7) is 3.20. The van der Waals surface area contributed by atoms with Crippen molar-refractivity contribution in [2.45, 2.75) is 38.3 Å². The minimum Gasteiger partial charge on any atom is -0.481 e. The lowest BCUT2D eigenvalue weighted by molar-refractivity contribution is -0.677. The second-order valence-corrected chi connectivity index (χ2v) is 9.26. The molecule has 0 saturated heterocycles. The average molecular weight is 506 g/mol. The Bertz CT molecular complexity index is 1370. The predicted molar refractivity (Wildman–Crippen MR) is 134 cm³/mol. The smallest absolute Gasteiger partial charge is 0.367 e. The number of ether oxygens (including phenoxy) is 1. The number of aryl methyl sites for hydroxylation is 1. The van der Waals surface area contributed by atoms with Crippen molar-refractivity contribution in [3.63, 3.8) is 0 Å². The fourth-order valence-electron chi connectivity index (χ4n) is 4.22. The minimum atomic E-state index is -1.43. The van der Waals surface area contributed by atoms with Gasteiger partial charge >= 0.3 is 11.8 Å². The number of carboxylic acids is 1. The molecule has 10 heteroatoms. The van der Waals surface area contributed by atoms with Gasteiger partial charge in [-0.25, -0.2) is 0 Å². The van der Waals surface area contributed by atoms with Gasteiger partial charge in [0.1, 0.15) is 18.8 Å². The largest absolute Gasteiger partial charge is 0.481 e. The lowest BCUT2D eigenvalue weighted by atomic mass is 9.83. The van der Waals surface area contributed by atoms with E-state index in [1.165, 1.54) is 0 Å². The van der Waals surface area contributed by atoms with Gasteiger partial charge in [0.2, 0.25) is 5.60 Å². The minimum absolute atomic E-state index is 0.113. The molecule has 1 amide bonds. The van der Waals surface area contributed by atoms with Crippen LogP contribution < -0.4 is 14.6 Å². The lowest BCUT2D eigenvalue weighted by Gasteiger charge is -2.30. The van der Waals surface area contributed by atoms with Gasteiger partial charge in [0.05, 0.1) is 18.2 Å². The zero-order valence-electron chi connectivity index (χ0n) is 20.9. The molecule has 2 atom stereocenters. The molecule has 0 radical (unpaired) electrons. The van der Waals surface area contributed by atoms with E-state index in [4.69, 9.17) is 9.57 Å². The van der Waals surface area contributed by atoms with E-state index in [1.807, 2.05) is 30.3 Å². The zero-order valence-corrected chi connectivity index (χ0v) is 20.9. The third-order valence-corrected chi connectivity index (χ3v) is 6.46. The number of oxime groups is 1. The van der Waals surface area contributed by atoms with Crippen LogP contribution in [0.1, 0.15) is 32.4 Å². The van der Waals surface area contributed by atoms with Crippen LogP contribution >= 0.6 is 0 Å². The summed E-state index contributed by atoms with van der Waals surface area (Å²) in [5.74, 6) is -2.34. The van der Waals surface area contributed by atoms with Gasteiger partial charge in [-0.1, -0.05) is 43.3 Å². The highest BCUT2D eigenvalue weighted by Gasteiger charge is 2.51. The molecule has 0 unspecified atom stereocenters. The number of benzene rings is 1. The Morgan fingerprint density at radius 1 is 1.16 bits per heavy atom. The number of amides is 1. The number of pyridine rings is 2. The van der Waals surface area contributed by atoms with E-state index in [2.05, 4.69) is 15.5 Å². The number of rotatable bonds is 10. The van der Waals surface area contributed by atoms with Crippen molar-refractivity contribution in [3.05, 3.63) is 66.6 Å². The van der Waals surface area contributed by atoms with Crippen LogP contribution in [0, 0.1) is 5.92 Å². The number of hydrogen-bond acceptors (Lipinski definition) is 7. The van der Waals surface area contributed by atoms with E-state index >= 15 is 0 Å². The van der Waals surface area contributed by atoms with Crippen LogP contribution in [0.15, 0.2) is 66.1 Å². The Balaban J connectivity index is 1.52. The maximum atomic E-state index is 13.6. The third kappa shape index (κ3) is 5.42. The fourth-order valence-corrected chi connectivity index (χ4v) is 4.22. The number of fused-ring (bicyclic) bond motifs is 1. The van der Waals surface area contributed by atoms with Crippen molar-refractivity contribution >= 4 is 34.1 Å².